The van der Waals surface area contributed by atoms with Crippen LogP contribution in [-0.2, 0) is 14.3 Å². The Hall–Kier alpha value is -4.17. The minimum atomic E-state index is -1.03. The van der Waals surface area contributed by atoms with Crippen molar-refractivity contribution in [1.82, 2.24) is 5.32 Å². The van der Waals surface area contributed by atoms with E-state index >= 15 is 0 Å². The molecule has 1 aliphatic carbocycles. The van der Waals surface area contributed by atoms with Gasteiger partial charge in [-0.2, -0.15) is 0 Å². The van der Waals surface area contributed by atoms with Crippen molar-refractivity contribution in [3.63, 3.8) is 0 Å². The number of carboxylic acids is 1. The Kier molecular flexibility index (Phi) is 6.20. The molecular formula is C27H24N2O6. The fraction of sp³-hybridized carbons (Fsp3) is 0.222. The Morgan fingerprint density at radius 3 is 2.20 bits per heavy atom. The van der Waals surface area contributed by atoms with Gasteiger partial charge in [0.25, 0.3) is 5.91 Å². The number of carbonyl (C=O) groups excluding carboxylic acids is 2. The van der Waals surface area contributed by atoms with E-state index in [1.54, 1.807) is 24.3 Å². The van der Waals surface area contributed by atoms with E-state index in [2.05, 4.69) is 22.8 Å². The summed E-state index contributed by atoms with van der Waals surface area (Å²) in [6, 6.07) is 22.0. The second-order valence-corrected chi connectivity index (χ2v) is 8.56. The molecule has 5 rings (SSSR count). The molecule has 2 atom stereocenters. The van der Waals surface area contributed by atoms with Gasteiger partial charge in [0.15, 0.2) is 0 Å². The fourth-order valence-electron chi connectivity index (χ4n) is 4.72. The van der Waals surface area contributed by atoms with E-state index in [0.29, 0.717) is 0 Å². The van der Waals surface area contributed by atoms with Crippen LogP contribution < -0.4 is 10.6 Å². The highest BCUT2D eigenvalue weighted by Crippen LogP contribution is 2.44. The first-order chi connectivity index (χ1) is 17.0. The SMILES string of the molecule is O=C(Nc1ccccc1C(=O)NC1COCC1C(=O)O)OCC1c2ccccc2-c2ccccc21. The van der Waals surface area contributed by atoms with Crippen molar-refractivity contribution in [2.75, 3.05) is 25.1 Å². The highest BCUT2D eigenvalue weighted by atomic mass is 16.5. The van der Waals surface area contributed by atoms with Crippen molar-refractivity contribution in [3.8, 4) is 11.1 Å². The number of nitrogens with one attached hydrogen (secondary N) is 2. The third kappa shape index (κ3) is 4.48. The van der Waals surface area contributed by atoms with Crippen LogP contribution in [0.4, 0.5) is 10.5 Å². The van der Waals surface area contributed by atoms with Gasteiger partial charge >= 0.3 is 12.1 Å². The molecule has 0 saturated carbocycles. The number of para-hydroxylation sites is 1. The maximum atomic E-state index is 12.9. The predicted octanol–water partition coefficient (Wildman–Crippen LogP) is 3.88. The van der Waals surface area contributed by atoms with Crippen LogP contribution in [0.3, 0.4) is 0 Å². The Morgan fingerprint density at radius 2 is 1.51 bits per heavy atom. The van der Waals surface area contributed by atoms with Crippen LogP contribution in [0.1, 0.15) is 27.4 Å². The summed E-state index contributed by atoms with van der Waals surface area (Å²) in [5, 5.41) is 14.7. The third-order valence-electron chi connectivity index (χ3n) is 6.47. The lowest BCUT2D eigenvalue weighted by Crippen LogP contribution is -2.42. The monoisotopic (exact) mass is 472 g/mol. The zero-order chi connectivity index (χ0) is 24.4. The maximum absolute atomic E-state index is 12.9. The number of benzene rings is 3. The summed E-state index contributed by atoms with van der Waals surface area (Å²) >= 11 is 0. The minimum absolute atomic E-state index is 0.0416. The lowest BCUT2D eigenvalue weighted by Gasteiger charge is -2.18. The van der Waals surface area contributed by atoms with Gasteiger partial charge in [-0.3, -0.25) is 14.9 Å². The quantitative estimate of drug-likeness (QED) is 0.502. The molecule has 8 nitrogen and oxygen atoms in total. The zero-order valence-electron chi connectivity index (χ0n) is 18.8. The van der Waals surface area contributed by atoms with E-state index in [9.17, 15) is 19.5 Å². The van der Waals surface area contributed by atoms with Crippen molar-refractivity contribution in [1.29, 1.82) is 0 Å². The summed E-state index contributed by atoms with van der Waals surface area (Å²) in [7, 11) is 0. The second-order valence-electron chi connectivity index (χ2n) is 8.56. The average Bonchev–Trinajstić information content (AvgIpc) is 3.46. The number of hydrogen-bond acceptors (Lipinski definition) is 5. The Labute approximate surface area is 201 Å². The maximum Gasteiger partial charge on any atom is 0.411 e. The molecule has 1 fully saturated rings. The van der Waals surface area contributed by atoms with Crippen molar-refractivity contribution < 1.29 is 29.0 Å². The predicted molar refractivity (Wildman–Crippen MR) is 128 cm³/mol. The molecule has 1 saturated heterocycles. The lowest BCUT2D eigenvalue weighted by molar-refractivity contribution is -0.142. The molecule has 0 aromatic heterocycles. The molecule has 0 spiro atoms. The van der Waals surface area contributed by atoms with Crippen LogP contribution in [-0.4, -0.2) is 48.9 Å². The number of carboxylic acid groups (broad SMARTS) is 1. The van der Waals surface area contributed by atoms with Crippen molar-refractivity contribution >= 4 is 23.7 Å². The van der Waals surface area contributed by atoms with Crippen LogP contribution in [0.2, 0.25) is 0 Å². The standard InChI is InChI=1S/C27H24N2O6/c30-25(28-24-15-34-13-22(24)26(31)32)20-11-5-6-12-23(20)29-27(33)35-14-21-18-9-3-1-7-16(18)17-8-2-4-10-19(17)21/h1-12,21-22,24H,13-15H2,(H,28,30)(H,29,33)(H,31,32). The number of aliphatic carboxylic acids is 1. The van der Waals surface area contributed by atoms with Crippen LogP contribution >= 0.6 is 0 Å². The van der Waals surface area contributed by atoms with Gasteiger partial charge in [-0.25, -0.2) is 4.79 Å². The first kappa shape index (κ1) is 22.6. The van der Waals surface area contributed by atoms with Crippen molar-refractivity contribution in [2.24, 2.45) is 5.92 Å². The van der Waals surface area contributed by atoms with Crippen molar-refractivity contribution in [2.45, 2.75) is 12.0 Å². The summed E-state index contributed by atoms with van der Waals surface area (Å²) in [5.41, 5.74) is 4.95. The molecule has 3 N–H and O–H groups in total. The third-order valence-corrected chi connectivity index (χ3v) is 6.47. The summed E-state index contributed by atoms with van der Waals surface area (Å²) in [6.45, 7) is 0.304. The first-order valence-electron chi connectivity index (χ1n) is 11.4. The normalized spacial score (nSPS) is 18.4. The van der Waals surface area contributed by atoms with Gasteiger partial charge in [-0.1, -0.05) is 60.7 Å². The summed E-state index contributed by atoms with van der Waals surface area (Å²) < 4.78 is 10.8. The number of carbonyl (C=O) groups is 3. The Morgan fingerprint density at radius 1 is 0.886 bits per heavy atom. The van der Waals surface area contributed by atoms with Gasteiger partial charge in [-0.05, 0) is 34.4 Å². The highest BCUT2D eigenvalue weighted by Gasteiger charge is 2.35. The number of amides is 2. The van der Waals surface area contributed by atoms with Crippen molar-refractivity contribution in [3.05, 3.63) is 89.5 Å². The number of ether oxygens (including phenoxy) is 2. The molecule has 8 heteroatoms. The molecule has 3 aromatic carbocycles. The van der Waals surface area contributed by atoms with Gasteiger partial charge in [0, 0.05) is 5.92 Å². The Balaban J connectivity index is 1.26. The van der Waals surface area contributed by atoms with E-state index in [1.165, 1.54) is 0 Å². The molecular weight excluding hydrogens is 448 g/mol. The second kappa shape index (κ2) is 9.60. The van der Waals surface area contributed by atoms with Gasteiger partial charge in [0.2, 0.25) is 0 Å². The summed E-state index contributed by atoms with van der Waals surface area (Å²) in [6.07, 6.45) is -0.681. The summed E-state index contributed by atoms with van der Waals surface area (Å²) in [4.78, 5) is 36.9. The lowest BCUT2D eigenvalue weighted by atomic mass is 9.98. The van der Waals surface area contributed by atoms with E-state index in [1.807, 2.05) is 36.4 Å². The molecule has 2 amide bonds. The fourth-order valence-corrected chi connectivity index (χ4v) is 4.72. The molecule has 178 valence electrons. The molecule has 2 aliphatic rings. The minimum Gasteiger partial charge on any atom is -0.481 e. The molecule has 2 unspecified atom stereocenters. The molecule has 1 aliphatic heterocycles. The van der Waals surface area contributed by atoms with Crippen LogP contribution in [0.5, 0.6) is 0 Å². The molecule has 1 heterocycles. The first-order valence-corrected chi connectivity index (χ1v) is 11.4. The molecule has 3 aromatic rings. The highest BCUT2D eigenvalue weighted by molar-refractivity contribution is 6.03. The van der Waals surface area contributed by atoms with E-state index in [0.717, 1.165) is 22.3 Å². The number of fused-ring (bicyclic) bond motifs is 3. The van der Waals surface area contributed by atoms with Crippen LogP contribution in [0.25, 0.3) is 11.1 Å². The van der Waals surface area contributed by atoms with Gasteiger partial charge < -0.3 is 19.9 Å². The number of anilines is 1. The molecule has 0 radical (unpaired) electrons. The smallest absolute Gasteiger partial charge is 0.411 e. The van der Waals surface area contributed by atoms with Gasteiger partial charge in [0.05, 0.1) is 30.5 Å². The molecule has 0 bridgehead atoms. The Bertz CT molecular complexity index is 1240. The average molecular weight is 472 g/mol. The van der Waals surface area contributed by atoms with Gasteiger partial charge in [-0.15, -0.1) is 0 Å². The largest absolute Gasteiger partial charge is 0.481 e. The topological polar surface area (TPSA) is 114 Å². The van der Waals surface area contributed by atoms with E-state index < -0.39 is 29.9 Å². The van der Waals surface area contributed by atoms with Crippen LogP contribution in [0, 0.1) is 5.92 Å². The van der Waals surface area contributed by atoms with Gasteiger partial charge in [0.1, 0.15) is 12.5 Å². The molecule has 35 heavy (non-hydrogen) atoms. The van der Waals surface area contributed by atoms with E-state index in [4.69, 9.17) is 9.47 Å². The zero-order valence-corrected chi connectivity index (χ0v) is 18.8. The number of hydrogen-bond donors (Lipinski definition) is 3. The van der Waals surface area contributed by atoms with E-state index in [-0.39, 0.29) is 37.0 Å². The summed E-state index contributed by atoms with van der Waals surface area (Å²) in [5.74, 6) is -2.43. The van der Waals surface area contributed by atoms with Crippen LogP contribution in [0.15, 0.2) is 72.8 Å². The number of rotatable bonds is 6.